The quantitative estimate of drug-likeness (QED) is 0.538. The van der Waals surface area contributed by atoms with Crippen LogP contribution in [0.25, 0.3) is 16.6 Å². The smallest absolute Gasteiger partial charge is 0.244 e. The zero-order chi connectivity index (χ0) is 18.1. The molecule has 0 aliphatic rings. The topological polar surface area (TPSA) is 51.9 Å². The average Bonchev–Trinajstić information content (AvgIpc) is 3.26. The molecule has 6 heteroatoms. The molecule has 0 aliphatic heterocycles. The number of halogens is 1. The molecule has 1 N–H and O–H groups in total. The SMILES string of the molecule is Cc1c(Br)c2ccccc2n1CC(=O)Nc1ccccc1-n1ccnc1. The molecule has 0 atom stereocenters. The molecule has 4 aromatic rings. The fraction of sp³-hybridized carbons (Fsp3) is 0.100. The lowest BCUT2D eigenvalue weighted by molar-refractivity contribution is -0.116. The first-order valence-corrected chi connectivity index (χ1v) is 9.05. The van der Waals surface area contributed by atoms with Crippen molar-refractivity contribution >= 4 is 38.4 Å². The number of para-hydroxylation sites is 3. The van der Waals surface area contributed by atoms with E-state index in [1.54, 1.807) is 12.5 Å². The van der Waals surface area contributed by atoms with Gasteiger partial charge in [0.05, 0.1) is 17.7 Å². The Kier molecular flexibility index (Phi) is 4.34. The van der Waals surface area contributed by atoms with Gasteiger partial charge in [0.2, 0.25) is 5.91 Å². The van der Waals surface area contributed by atoms with Crippen LogP contribution in [0, 0.1) is 6.92 Å². The predicted molar refractivity (Wildman–Crippen MR) is 107 cm³/mol. The Labute approximate surface area is 159 Å². The number of anilines is 1. The molecule has 1 amide bonds. The van der Waals surface area contributed by atoms with E-state index in [0.717, 1.165) is 32.4 Å². The first kappa shape index (κ1) is 16.6. The second kappa shape index (κ2) is 6.80. The zero-order valence-electron chi connectivity index (χ0n) is 14.2. The van der Waals surface area contributed by atoms with Crippen LogP contribution in [0.5, 0.6) is 0 Å². The van der Waals surface area contributed by atoms with Gasteiger partial charge in [0.1, 0.15) is 6.54 Å². The highest BCUT2D eigenvalue weighted by molar-refractivity contribution is 9.10. The van der Waals surface area contributed by atoms with Crippen molar-refractivity contribution in [3.8, 4) is 5.69 Å². The fourth-order valence-corrected chi connectivity index (χ4v) is 3.68. The number of rotatable bonds is 4. The van der Waals surface area contributed by atoms with Gasteiger partial charge in [0.25, 0.3) is 0 Å². The van der Waals surface area contributed by atoms with Gasteiger partial charge in [-0.15, -0.1) is 0 Å². The van der Waals surface area contributed by atoms with E-state index >= 15 is 0 Å². The zero-order valence-corrected chi connectivity index (χ0v) is 15.8. The number of nitrogens with one attached hydrogen (secondary N) is 1. The van der Waals surface area contributed by atoms with Crippen LogP contribution in [0.15, 0.2) is 71.7 Å². The fourth-order valence-electron chi connectivity index (χ4n) is 3.13. The summed E-state index contributed by atoms with van der Waals surface area (Å²) in [5.74, 6) is -0.0751. The third-order valence-electron chi connectivity index (χ3n) is 4.42. The van der Waals surface area contributed by atoms with E-state index in [0.29, 0.717) is 0 Å². The van der Waals surface area contributed by atoms with Crippen molar-refractivity contribution in [1.82, 2.24) is 14.1 Å². The van der Waals surface area contributed by atoms with Gasteiger partial charge in [0, 0.05) is 33.5 Å². The molecular formula is C20H17BrN4O. The normalized spacial score (nSPS) is 11.0. The van der Waals surface area contributed by atoms with E-state index in [2.05, 4.69) is 32.3 Å². The second-order valence-corrected chi connectivity index (χ2v) is 6.83. The molecule has 4 rings (SSSR count). The van der Waals surface area contributed by atoms with Crippen molar-refractivity contribution < 1.29 is 4.79 Å². The number of aromatic nitrogens is 3. The molecule has 0 fully saturated rings. The van der Waals surface area contributed by atoms with Crippen molar-refractivity contribution in [2.45, 2.75) is 13.5 Å². The number of imidazole rings is 1. The largest absolute Gasteiger partial charge is 0.334 e. The molecule has 0 bridgehead atoms. The summed E-state index contributed by atoms with van der Waals surface area (Å²) in [4.78, 5) is 16.8. The summed E-state index contributed by atoms with van der Waals surface area (Å²) in [6.45, 7) is 2.26. The summed E-state index contributed by atoms with van der Waals surface area (Å²) in [5, 5.41) is 4.13. The highest BCUT2D eigenvalue weighted by Crippen LogP contribution is 2.30. The molecular weight excluding hydrogens is 392 g/mol. The lowest BCUT2D eigenvalue weighted by atomic mass is 10.2. The van der Waals surface area contributed by atoms with Gasteiger partial charge in [-0.3, -0.25) is 4.79 Å². The second-order valence-electron chi connectivity index (χ2n) is 6.04. The van der Waals surface area contributed by atoms with E-state index in [-0.39, 0.29) is 12.5 Å². The lowest BCUT2D eigenvalue weighted by Crippen LogP contribution is -2.20. The number of hydrogen-bond donors (Lipinski definition) is 1. The minimum atomic E-state index is -0.0751. The molecule has 0 aliphatic carbocycles. The predicted octanol–water partition coefficient (Wildman–Crippen LogP) is 4.54. The van der Waals surface area contributed by atoms with Crippen LogP contribution in [0.1, 0.15) is 5.69 Å². The van der Waals surface area contributed by atoms with Crippen molar-refractivity contribution in [1.29, 1.82) is 0 Å². The van der Waals surface area contributed by atoms with Gasteiger partial charge >= 0.3 is 0 Å². The maximum atomic E-state index is 12.7. The van der Waals surface area contributed by atoms with Gasteiger partial charge in [0.15, 0.2) is 0 Å². The molecule has 0 saturated carbocycles. The molecule has 0 spiro atoms. The molecule has 2 aromatic heterocycles. The number of fused-ring (bicyclic) bond motifs is 1. The Hall–Kier alpha value is -2.86. The Morgan fingerprint density at radius 2 is 1.92 bits per heavy atom. The Bertz CT molecular complexity index is 1080. The third-order valence-corrected chi connectivity index (χ3v) is 5.42. The number of carbonyl (C=O) groups excluding carboxylic acids is 1. The van der Waals surface area contributed by atoms with Crippen LogP contribution >= 0.6 is 15.9 Å². The molecule has 0 radical (unpaired) electrons. The van der Waals surface area contributed by atoms with E-state index in [1.165, 1.54) is 0 Å². The lowest BCUT2D eigenvalue weighted by Gasteiger charge is -2.13. The summed E-state index contributed by atoms with van der Waals surface area (Å²) >= 11 is 3.63. The van der Waals surface area contributed by atoms with Crippen LogP contribution in [-0.2, 0) is 11.3 Å². The molecule has 130 valence electrons. The molecule has 2 aromatic carbocycles. The highest BCUT2D eigenvalue weighted by Gasteiger charge is 2.15. The van der Waals surface area contributed by atoms with Gasteiger partial charge in [-0.05, 0) is 41.1 Å². The Morgan fingerprint density at radius 1 is 1.15 bits per heavy atom. The molecule has 2 heterocycles. The molecule has 0 unspecified atom stereocenters. The van der Waals surface area contributed by atoms with E-state index < -0.39 is 0 Å². The number of hydrogen-bond acceptors (Lipinski definition) is 2. The highest BCUT2D eigenvalue weighted by atomic mass is 79.9. The van der Waals surface area contributed by atoms with Crippen LogP contribution in [0.3, 0.4) is 0 Å². The van der Waals surface area contributed by atoms with Gasteiger partial charge in [-0.2, -0.15) is 0 Å². The Morgan fingerprint density at radius 3 is 2.73 bits per heavy atom. The minimum Gasteiger partial charge on any atom is -0.334 e. The van der Waals surface area contributed by atoms with Crippen molar-refractivity contribution in [2.24, 2.45) is 0 Å². The number of amides is 1. The van der Waals surface area contributed by atoms with Crippen LogP contribution in [0.4, 0.5) is 5.69 Å². The summed E-state index contributed by atoms with van der Waals surface area (Å²) in [6.07, 6.45) is 5.28. The van der Waals surface area contributed by atoms with Gasteiger partial charge in [-0.25, -0.2) is 4.98 Å². The monoisotopic (exact) mass is 408 g/mol. The molecule has 0 saturated heterocycles. The first-order chi connectivity index (χ1) is 12.6. The first-order valence-electron chi connectivity index (χ1n) is 8.25. The maximum Gasteiger partial charge on any atom is 0.244 e. The summed E-state index contributed by atoms with van der Waals surface area (Å²) in [5.41, 5.74) is 3.71. The maximum absolute atomic E-state index is 12.7. The standard InChI is InChI=1S/C20H17BrN4O/c1-14-20(21)15-6-2-4-8-17(15)25(14)12-19(26)23-16-7-3-5-9-18(16)24-11-10-22-13-24/h2-11,13H,12H2,1H3,(H,23,26). The summed E-state index contributed by atoms with van der Waals surface area (Å²) < 4.78 is 4.93. The number of nitrogens with zero attached hydrogens (tertiary/aromatic N) is 3. The van der Waals surface area contributed by atoms with E-state index in [9.17, 15) is 4.79 Å². The van der Waals surface area contributed by atoms with Crippen LogP contribution in [0.2, 0.25) is 0 Å². The summed E-state index contributed by atoms with van der Waals surface area (Å²) in [7, 11) is 0. The van der Waals surface area contributed by atoms with Gasteiger partial charge in [-0.1, -0.05) is 30.3 Å². The van der Waals surface area contributed by atoms with E-state index in [4.69, 9.17) is 0 Å². The third kappa shape index (κ3) is 2.93. The van der Waals surface area contributed by atoms with Gasteiger partial charge < -0.3 is 14.5 Å². The number of benzene rings is 2. The van der Waals surface area contributed by atoms with Crippen molar-refractivity contribution in [3.05, 3.63) is 77.4 Å². The summed E-state index contributed by atoms with van der Waals surface area (Å²) in [6, 6.07) is 15.7. The molecule has 26 heavy (non-hydrogen) atoms. The average molecular weight is 409 g/mol. The molecule has 5 nitrogen and oxygen atoms in total. The van der Waals surface area contributed by atoms with Crippen LogP contribution < -0.4 is 5.32 Å². The Balaban J connectivity index is 1.63. The van der Waals surface area contributed by atoms with Crippen molar-refractivity contribution in [2.75, 3.05) is 5.32 Å². The number of carbonyl (C=O) groups is 1. The van der Waals surface area contributed by atoms with Crippen molar-refractivity contribution in [3.63, 3.8) is 0 Å². The van der Waals surface area contributed by atoms with E-state index in [1.807, 2.05) is 64.7 Å². The minimum absolute atomic E-state index is 0.0751. The van der Waals surface area contributed by atoms with Crippen LogP contribution in [-0.4, -0.2) is 20.0 Å².